The molecular weight excluding hydrogens is 310 g/mol. The van der Waals surface area contributed by atoms with Crippen LogP contribution in [0.3, 0.4) is 0 Å². The van der Waals surface area contributed by atoms with Gasteiger partial charge in [0, 0.05) is 18.3 Å². The highest BCUT2D eigenvalue weighted by atomic mass is 16.2. The predicted octanol–water partition coefficient (Wildman–Crippen LogP) is 1.98. The lowest BCUT2D eigenvalue weighted by Crippen LogP contribution is -2.34. The van der Waals surface area contributed by atoms with Gasteiger partial charge in [0.05, 0.1) is 6.54 Å². The van der Waals surface area contributed by atoms with E-state index in [4.69, 9.17) is 0 Å². The number of hydrogen-bond donors (Lipinski definition) is 3. The van der Waals surface area contributed by atoms with Crippen LogP contribution in [0.5, 0.6) is 0 Å². The molecule has 1 aromatic rings. The van der Waals surface area contributed by atoms with Crippen molar-refractivity contribution in [2.45, 2.75) is 40.5 Å². The van der Waals surface area contributed by atoms with Crippen LogP contribution >= 0.6 is 0 Å². The summed E-state index contributed by atoms with van der Waals surface area (Å²) in [5.41, 5.74) is 0.231. The number of rotatable bonds is 8. The summed E-state index contributed by atoms with van der Waals surface area (Å²) in [4.78, 5) is 43.4. The lowest BCUT2D eigenvalue weighted by molar-refractivity contribution is 0.239. The summed E-state index contributed by atoms with van der Waals surface area (Å²) in [5.74, 6) is 0.368. The van der Waals surface area contributed by atoms with Crippen molar-refractivity contribution in [3.63, 3.8) is 0 Å². The second-order valence-corrected chi connectivity index (χ2v) is 6.77. The fraction of sp³-hybridized carbons (Fsp3) is 0.625. The number of nitrogens with one attached hydrogen (secondary N) is 3. The molecule has 132 valence electrons. The zero-order chi connectivity index (χ0) is 18.2. The predicted molar refractivity (Wildman–Crippen MR) is 91.8 cm³/mol. The van der Waals surface area contributed by atoms with E-state index in [0.29, 0.717) is 18.8 Å². The first-order valence-corrected chi connectivity index (χ1v) is 7.88. The maximum Gasteiger partial charge on any atom is 0.321 e. The molecule has 0 aromatic carbocycles. The molecule has 24 heavy (non-hydrogen) atoms. The second-order valence-electron chi connectivity index (χ2n) is 6.77. The third-order valence-electron chi connectivity index (χ3n) is 3.58. The SMILES string of the molecule is Cc1cc(=O)[nH]c(NC(=O)NCC(C)CC(C)(C)CCN=C=O)n1. The number of nitrogens with zero attached hydrogens (tertiary/aromatic N) is 2. The molecule has 1 rings (SSSR count). The van der Waals surface area contributed by atoms with Gasteiger partial charge in [-0.05, 0) is 31.1 Å². The zero-order valence-electron chi connectivity index (χ0n) is 14.6. The summed E-state index contributed by atoms with van der Waals surface area (Å²) in [6, 6.07) is 0.931. The Hall–Kier alpha value is -2.47. The van der Waals surface area contributed by atoms with Gasteiger partial charge in [-0.2, -0.15) is 0 Å². The lowest BCUT2D eigenvalue weighted by atomic mass is 9.80. The van der Waals surface area contributed by atoms with Gasteiger partial charge in [0.2, 0.25) is 12.0 Å². The first-order valence-electron chi connectivity index (χ1n) is 7.88. The van der Waals surface area contributed by atoms with Crippen LogP contribution in [0, 0.1) is 18.3 Å². The minimum absolute atomic E-state index is 0.0151. The Morgan fingerprint density at radius 2 is 2.21 bits per heavy atom. The van der Waals surface area contributed by atoms with Crippen molar-refractivity contribution in [2.75, 3.05) is 18.4 Å². The standard InChI is InChI=1S/C16H25N5O3/c1-11(8-16(3,4)5-6-17-10-22)9-18-15(24)21-14-19-12(2)7-13(23)20-14/h7,11H,5-6,8-9H2,1-4H3,(H3,18,19,20,21,23,24). The molecule has 0 saturated heterocycles. The van der Waals surface area contributed by atoms with Gasteiger partial charge in [-0.15, -0.1) is 0 Å². The first kappa shape index (κ1) is 19.6. The van der Waals surface area contributed by atoms with Crippen molar-refractivity contribution in [1.82, 2.24) is 15.3 Å². The van der Waals surface area contributed by atoms with Crippen LogP contribution in [-0.2, 0) is 4.79 Å². The lowest BCUT2D eigenvalue weighted by Gasteiger charge is -2.27. The normalized spacial score (nSPS) is 12.2. The summed E-state index contributed by atoms with van der Waals surface area (Å²) in [6.45, 7) is 8.87. The number of aromatic nitrogens is 2. The van der Waals surface area contributed by atoms with Crippen molar-refractivity contribution < 1.29 is 9.59 Å². The van der Waals surface area contributed by atoms with E-state index in [-0.39, 0.29) is 22.8 Å². The van der Waals surface area contributed by atoms with Gasteiger partial charge in [-0.3, -0.25) is 15.1 Å². The summed E-state index contributed by atoms with van der Waals surface area (Å²) >= 11 is 0. The average molecular weight is 335 g/mol. The Kier molecular flexibility index (Phi) is 7.32. The molecule has 0 fully saturated rings. The molecule has 0 radical (unpaired) electrons. The zero-order valence-corrected chi connectivity index (χ0v) is 14.6. The minimum Gasteiger partial charge on any atom is -0.338 e. The van der Waals surface area contributed by atoms with Crippen LogP contribution in [0.15, 0.2) is 15.9 Å². The number of aliphatic imine (C=N–C) groups is 1. The van der Waals surface area contributed by atoms with Crippen LogP contribution in [0.1, 0.15) is 39.3 Å². The highest BCUT2D eigenvalue weighted by Gasteiger charge is 2.21. The second kappa shape index (κ2) is 8.98. The van der Waals surface area contributed by atoms with Gasteiger partial charge in [-0.1, -0.05) is 20.8 Å². The highest BCUT2D eigenvalue weighted by Crippen LogP contribution is 2.28. The van der Waals surface area contributed by atoms with Crippen molar-refractivity contribution in [3.8, 4) is 0 Å². The Morgan fingerprint density at radius 3 is 2.83 bits per heavy atom. The van der Waals surface area contributed by atoms with Gasteiger partial charge in [-0.25, -0.2) is 19.6 Å². The maximum absolute atomic E-state index is 11.9. The van der Waals surface area contributed by atoms with E-state index < -0.39 is 6.03 Å². The van der Waals surface area contributed by atoms with Crippen LogP contribution in [0.25, 0.3) is 0 Å². The molecule has 0 bridgehead atoms. The molecule has 1 atom stereocenters. The molecule has 3 N–H and O–H groups in total. The monoisotopic (exact) mass is 335 g/mol. The molecular formula is C16H25N5O3. The van der Waals surface area contributed by atoms with E-state index in [1.807, 2.05) is 6.92 Å². The van der Waals surface area contributed by atoms with E-state index in [1.54, 1.807) is 13.0 Å². The van der Waals surface area contributed by atoms with E-state index in [1.165, 1.54) is 6.07 Å². The molecule has 8 heteroatoms. The van der Waals surface area contributed by atoms with Gasteiger partial charge >= 0.3 is 6.03 Å². The number of carbonyl (C=O) groups is 1. The van der Waals surface area contributed by atoms with Crippen LogP contribution < -0.4 is 16.2 Å². The van der Waals surface area contributed by atoms with Gasteiger partial charge in [0.1, 0.15) is 0 Å². The van der Waals surface area contributed by atoms with Crippen LogP contribution in [0.2, 0.25) is 0 Å². The van der Waals surface area contributed by atoms with Crippen molar-refractivity contribution in [3.05, 3.63) is 22.1 Å². The van der Waals surface area contributed by atoms with Crippen LogP contribution in [-0.4, -0.2) is 35.2 Å². The Balaban J connectivity index is 2.42. The summed E-state index contributed by atoms with van der Waals surface area (Å²) in [5, 5.41) is 5.27. The molecule has 2 amide bonds. The number of aromatic amines is 1. The van der Waals surface area contributed by atoms with E-state index in [0.717, 1.165) is 12.8 Å². The number of carbonyl (C=O) groups excluding carboxylic acids is 2. The molecule has 1 heterocycles. The molecule has 1 unspecified atom stereocenters. The minimum atomic E-state index is -0.418. The van der Waals surface area contributed by atoms with Crippen LogP contribution in [0.4, 0.5) is 10.7 Å². The Bertz CT molecular complexity index is 662. The Morgan fingerprint density at radius 1 is 1.50 bits per heavy atom. The third-order valence-corrected chi connectivity index (χ3v) is 3.58. The fourth-order valence-electron chi connectivity index (χ4n) is 2.58. The summed E-state index contributed by atoms with van der Waals surface area (Å²) in [7, 11) is 0. The van der Waals surface area contributed by atoms with Gasteiger partial charge in [0.25, 0.3) is 5.56 Å². The number of amides is 2. The molecule has 0 aliphatic rings. The topological polar surface area (TPSA) is 116 Å². The van der Waals surface area contributed by atoms with Gasteiger partial charge < -0.3 is 5.32 Å². The number of hydrogen-bond acceptors (Lipinski definition) is 5. The van der Waals surface area contributed by atoms with E-state index in [2.05, 4.69) is 39.4 Å². The largest absolute Gasteiger partial charge is 0.338 e. The molecule has 1 aromatic heterocycles. The number of H-pyrrole nitrogens is 1. The van der Waals surface area contributed by atoms with Gasteiger partial charge in [0.15, 0.2) is 0 Å². The molecule has 0 aliphatic heterocycles. The van der Waals surface area contributed by atoms with Crippen molar-refractivity contribution >= 4 is 18.1 Å². The van der Waals surface area contributed by atoms with Crippen molar-refractivity contribution in [1.29, 1.82) is 0 Å². The maximum atomic E-state index is 11.9. The van der Waals surface area contributed by atoms with E-state index in [9.17, 15) is 14.4 Å². The molecule has 0 aliphatic carbocycles. The fourth-order valence-corrected chi connectivity index (χ4v) is 2.58. The summed E-state index contributed by atoms with van der Waals surface area (Å²) in [6.07, 6.45) is 3.20. The van der Waals surface area contributed by atoms with E-state index >= 15 is 0 Å². The Labute approximate surface area is 141 Å². The molecule has 0 saturated carbocycles. The third kappa shape index (κ3) is 7.69. The first-order chi connectivity index (χ1) is 11.2. The number of anilines is 1. The quantitative estimate of drug-likeness (QED) is 0.497. The number of aryl methyl sites for hydroxylation is 1. The highest BCUT2D eigenvalue weighted by molar-refractivity contribution is 5.87. The molecule has 0 spiro atoms. The average Bonchev–Trinajstić information content (AvgIpc) is 2.43. The smallest absolute Gasteiger partial charge is 0.321 e. The number of urea groups is 1. The molecule has 8 nitrogen and oxygen atoms in total. The van der Waals surface area contributed by atoms with Crippen molar-refractivity contribution in [2.24, 2.45) is 16.3 Å². The number of isocyanates is 1. The summed E-state index contributed by atoms with van der Waals surface area (Å²) < 4.78 is 0.